The van der Waals surface area contributed by atoms with Gasteiger partial charge >= 0.3 is 0 Å². The molecule has 0 aliphatic heterocycles. The van der Waals surface area contributed by atoms with E-state index in [1.807, 2.05) is 0 Å². The first-order chi connectivity index (χ1) is 3.15. The zero-order valence-electron chi connectivity index (χ0n) is 3.81. The minimum absolute atomic E-state index is 0.333. The molecule has 0 aromatic carbocycles. The Bertz CT molecular complexity index is 53.1. The fourth-order valence-corrected chi connectivity index (χ4v) is 0. The summed E-state index contributed by atoms with van der Waals surface area (Å²) in [5.41, 5.74) is 13.3. The average Bonchev–Trinajstić information content (AvgIpc) is 1.33. The minimum atomic E-state index is -0.333. The van der Waals surface area contributed by atoms with E-state index in [4.69, 9.17) is 10.8 Å². The maximum absolute atomic E-state index is 6.06. The highest BCUT2D eigenvalue weighted by Gasteiger charge is 1.52. The molecule has 42 valence electrons. The van der Waals surface area contributed by atoms with Crippen LogP contribution in [0, 0.1) is 10.8 Å². The highest BCUT2D eigenvalue weighted by molar-refractivity contribution is 5.71. The van der Waals surface area contributed by atoms with Crippen LogP contribution in [0.5, 0.6) is 0 Å². The summed E-state index contributed by atoms with van der Waals surface area (Å²) in [6.45, 7) is 0. The molecule has 0 heterocycles. The van der Waals surface area contributed by atoms with Gasteiger partial charge in [-0.05, 0) is 0 Å². The van der Waals surface area contributed by atoms with Crippen molar-refractivity contribution in [2.45, 2.75) is 0 Å². The van der Waals surface area contributed by atoms with Gasteiger partial charge in [0.2, 0.25) is 0 Å². The molecule has 0 aliphatic carbocycles. The number of rotatable bonds is 0. The molecule has 0 saturated carbocycles. The Labute approximate surface area is 41.5 Å². The molecule has 0 aliphatic rings. The summed E-state index contributed by atoms with van der Waals surface area (Å²) >= 11 is 0. The van der Waals surface area contributed by atoms with Gasteiger partial charge in [-0.1, -0.05) is 0 Å². The smallest absolute Gasteiger partial charge is 0.183 e. The first-order valence-electron chi connectivity index (χ1n) is 1.45. The second-order valence-electron chi connectivity index (χ2n) is 0.622. The van der Waals surface area contributed by atoms with Crippen molar-refractivity contribution in [2.24, 2.45) is 17.2 Å². The van der Waals surface area contributed by atoms with Crippen LogP contribution < -0.4 is 17.2 Å². The van der Waals surface area contributed by atoms with Crippen LogP contribution >= 0.6 is 0 Å². The van der Waals surface area contributed by atoms with E-state index in [1.165, 1.54) is 0 Å². The summed E-state index contributed by atoms with van der Waals surface area (Å²) in [5, 5.41) is 11.9. The van der Waals surface area contributed by atoms with E-state index in [0.717, 1.165) is 6.34 Å². The predicted molar refractivity (Wildman–Crippen MR) is 29.1 cm³/mol. The van der Waals surface area contributed by atoms with Crippen LogP contribution in [0.1, 0.15) is 0 Å². The lowest BCUT2D eigenvalue weighted by atomic mass is 11.1. The Morgan fingerprint density at radius 1 is 1.43 bits per heavy atom. The molecule has 0 saturated heterocycles. The Kier molecular flexibility index (Phi) is 11.6. The third-order valence-electron chi connectivity index (χ3n) is 0. The molecule has 0 bridgehead atoms. The number of hydrogen-bond acceptors (Lipinski definition) is 2. The summed E-state index contributed by atoms with van der Waals surface area (Å²) in [4.78, 5) is 0. The van der Waals surface area contributed by atoms with Gasteiger partial charge in [-0.15, -0.1) is 0 Å². The van der Waals surface area contributed by atoms with Crippen LogP contribution in [0.4, 0.5) is 0 Å². The summed E-state index contributed by atoms with van der Waals surface area (Å²) in [7, 11) is 0. The maximum atomic E-state index is 6.06. The number of nitrogens with one attached hydrogen (secondary N) is 2. The molecule has 0 amide bonds. The molecule has 0 spiro atoms. The second kappa shape index (κ2) is 8.83. The normalized spacial score (nSPS) is 5.14. The summed E-state index contributed by atoms with van der Waals surface area (Å²) in [6.07, 6.45) is 0.750. The zero-order valence-corrected chi connectivity index (χ0v) is 3.81. The Balaban J connectivity index is 0. The molecule has 0 atom stereocenters. The third kappa shape index (κ3) is 22.4. The Morgan fingerprint density at radius 3 is 1.43 bits per heavy atom. The zero-order chi connectivity index (χ0) is 6.28. The van der Waals surface area contributed by atoms with Gasteiger partial charge in [-0.2, -0.15) is 0 Å². The summed E-state index contributed by atoms with van der Waals surface area (Å²) < 4.78 is 0. The first kappa shape index (κ1) is 9.22. The average molecular weight is 103 g/mol. The third-order valence-corrected chi connectivity index (χ3v) is 0. The quantitative estimate of drug-likeness (QED) is 0.187. The van der Waals surface area contributed by atoms with E-state index in [0.29, 0.717) is 0 Å². The largest absolute Gasteiger partial charge is 0.390 e. The Hall–Kier alpha value is -1.26. The maximum Gasteiger partial charge on any atom is 0.183 e. The van der Waals surface area contributed by atoms with Crippen molar-refractivity contribution >= 4 is 12.3 Å². The predicted octanol–water partition coefficient (Wildman–Crippen LogP) is -1.61. The lowest BCUT2D eigenvalue weighted by Gasteiger charge is -1.69. The first-order valence-corrected chi connectivity index (χ1v) is 1.45. The van der Waals surface area contributed by atoms with Crippen LogP contribution in [-0.2, 0) is 0 Å². The van der Waals surface area contributed by atoms with E-state index in [2.05, 4.69) is 17.2 Å². The number of guanidine groups is 1. The lowest BCUT2D eigenvalue weighted by Crippen LogP contribution is -2.20. The summed E-state index contributed by atoms with van der Waals surface area (Å²) in [5.74, 6) is -0.333. The van der Waals surface area contributed by atoms with Gasteiger partial charge in [0.15, 0.2) is 5.96 Å². The summed E-state index contributed by atoms with van der Waals surface area (Å²) in [6, 6.07) is 0. The molecule has 5 heteroatoms. The molecule has 0 rings (SSSR count). The van der Waals surface area contributed by atoms with Crippen molar-refractivity contribution in [3.05, 3.63) is 0 Å². The SMILES string of the molecule is N=C(N)N.N=CN. The number of hydrogen-bond donors (Lipinski definition) is 5. The molecular weight excluding hydrogens is 94.1 g/mol. The van der Waals surface area contributed by atoms with E-state index in [9.17, 15) is 0 Å². The topological polar surface area (TPSA) is 126 Å². The molecule has 0 fully saturated rings. The highest BCUT2D eigenvalue weighted by Crippen LogP contribution is 1.13. The second-order valence-corrected chi connectivity index (χ2v) is 0.622. The fourth-order valence-electron chi connectivity index (χ4n) is 0. The number of nitrogens with two attached hydrogens (primary N) is 3. The van der Waals surface area contributed by atoms with Gasteiger partial charge in [0.1, 0.15) is 0 Å². The lowest BCUT2D eigenvalue weighted by molar-refractivity contribution is 1.39. The van der Waals surface area contributed by atoms with Crippen LogP contribution in [0.15, 0.2) is 0 Å². The molecule has 0 radical (unpaired) electrons. The minimum Gasteiger partial charge on any atom is -0.390 e. The molecule has 0 unspecified atom stereocenters. The van der Waals surface area contributed by atoms with Crippen molar-refractivity contribution < 1.29 is 0 Å². The van der Waals surface area contributed by atoms with Gasteiger partial charge in [0.05, 0.1) is 6.34 Å². The van der Waals surface area contributed by atoms with Crippen LogP contribution in [-0.4, -0.2) is 12.3 Å². The van der Waals surface area contributed by atoms with E-state index >= 15 is 0 Å². The molecule has 5 nitrogen and oxygen atoms in total. The van der Waals surface area contributed by atoms with Crippen molar-refractivity contribution in [3.63, 3.8) is 0 Å². The Morgan fingerprint density at radius 2 is 1.43 bits per heavy atom. The molecule has 7 heavy (non-hydrogen) atoms. The van der Waals surface area contributed by atoms with E-state index in [1.54, 1.807) is 0 Å². The molecule has 0 aromatic heterocycles. The van der Waals surface area contributed by atoms with Crippen LogP contribution in [0.2, 0.25) is 0 Å². The van der Waals surface area contributed by atoms with Gasteiger partial charge in [0, 0.05) is 0 Å². The van der Waals surface area contributed by atoms with Crippen molar-refractivity contribution in [2.75, 3.05) is 0 Å². The van der Waals surface area contributed by atoms with Crippen LogP contribution in [0.25, 0.3) is 0 Å². The van der Waals surface area contributed by atoms with Crippen molar-refractivity contribution in [1.82, 2.24) is 0 Å². The van der Waals surface area contributed by atoms with E-state index in [-0.39, 0.29) is 5.96 Å². The molecular formula is C2H9N5. The van der Waals surface area contributed by atoms with Gasteiger partial charge in [-0.3, -0.25) is 10.8 Å². The van der Waals surface area contributed by atoms with Crippen molar-refractivity contribution in [3.8, 4) is 0 Å². The van der Waals surface area contributed by atoms with Crippen molar-refractivity contribution in [1.29, 1.82) is 10.8 Å². The van der Waals surface area contributed by atoms with Gasteiger partial charge in [0.25, 0.3) is 0 Å². The highest BCUT2D eigenvalue weighted by atomic mass is 14.9. The molecule has 0 aromatic rings. The fraction of sp³-hybridized carbons (Fsp3) is 0. The van der Waals surface area contributed by atoms with E-state index < -0.39 is 0 Å². The van der Waals surface area contributed by atoms with Gasteiger partial charge < -0.3 is 17.2 Å². The molecule has 8 N–H and O–H groups in total. The van der Waals surface area contributed by atoms with Crippen LogP contribution in [0.3, 0.4) is 0 Å². The van der Waals surface area contributed by atoms with Gasteiger partial charge in [-0.25, -0.2) is 0 Å². The standard InChI is InChI=1S/CH5N3.CH4N2/c2-1(3)4;2-1-3/h(H5,2,3,4);1H,(H3,2,3). The monoisotopic (exact) mass is 103 g/mol.